The van der Waals surface area contributed by atoms with Gasteiger partial charge in [-0.1, -0.05) is 25.1 Å². The van der Waals surface area contributed by atoms with E-state index in [1.807, 2.05) is 26.8 Å². The molecule has 1 heterocycles. The highest BCUT2D eigenvalue weighted by molar-refractivity contribution is 5.78. The standard InChI is InChI=1S/C25H34N2O2/c1-17-7-6-12-27(15-17)23-10-8-22(9-11-23)21(5)26-25(28)16-29-24-14-18(2)13-19(3)20(24)4/h8-11,13-14,17,21H,6-7,12,15-16H2,1-5H3,(H,26,28)/t17-,21+/m0/s1. The Balaban J connectivity index is 1.54. The van der Waals surface area contributed by atoms with Crippen molar-refractivity contribution >= 4 is 11.6 Å². The van der Waals surface area contributed by atoms with E-state index in [0.717, 1.165) is 41.4 Å². The van der Waals surface area contributed by atoms with Crippen molar-refractivity contribution in [2.24, 2.45) is 5.92 Å². The summed E-state index contributed by atoms with van der Waals surface area (Å²) in [5, 5.41) is 3.04. The molecule has 3 rings (SSSR count). The van der Waals surface area contributed by atoms with Gasteiger partial charge in [-0.3, -0.25) is 4.79 Å². The first-order valence-electron chi connectivity index (χ1n) is 10.7. The zero-order valence-corrected chi connectivity index (χ0v) is 18.4. The summed E-state index contributed by atoms with van der Waals surface area (Å²) in [6, 6.07) is 12.6. The van der Waals surface area contributed by atoms with Crippen molar-refractivity contribution in [3.05, 3.63) is 58.7 Å². The minimum atomic E-state index is -0.106. The van der Waals surface area contributed by atoms with Crippen molar-refractivity contribution in [1.82, 2.24) is 5.32 Å². The van der Waals surface area contributed by atoms with Crippen LogP contribution in [0.5, 0.6) is 5.75 Å². The van der Waals surface area contributed by atoms with Gasteiger partial charge in [0.2, 0.25) is 0 Å². The third kappa shape index (κ3) is 5.53. The smallest absolute Gasteiger partial charge is 0.258 e. The maximum atomic E-state index is 12.4. The first kappa shape index (κ1) is 21.2. The van der Waals surface area contributed by atoms with E-state index < -0.39 is 0 Å². The van der Waals surface area contributed by atoms with Gasteiger partial charge in [-0.25, -0.2) is 0 Å². The topological polar surface area (TPSA) is 41.6 Å². The average molecular weight is 395 g/mol. The Morgan fingerprint density at radius 2 is 1.93 bits per heavy atom. The average Bonchev–Trinajstić information content (AvgIpc) is 2.69. The van der Waals surface area contributed by atoms with Gasteiger partial charge in [0, 0.05) is 18.8 Å². The van der Waals surface area contributed by atoms with Crippen molar-refractivity contribution in [3.63, 3.8) is 0 Å². The van der Waals surface area contributed by atoms with Crippen molar-refractivity contribution in [1.29, 1.82) is 0 Å². The van der Waals surface area contributed by atoms with Crippen LogP contribution in [0.3, 0.4) is 0 Å². The monoisotopic (exact) mass is 394 g/mol. The minimum Gasteiger partial charge on any atom is -0.483 e. The molecule has 2 atom stereocenters. The molecule has 0 aromatic heterocycles. The molecule has 2 aromatic carbocycles. The SMILES string of the molecule is Cc1cc(C)c(C)c(OCC(=O)N[C@H](C)c2ccc(N3CCC[C@H](C)C3)cc2)c1. The largest absolute Gasteiger partial charge is 0.483 e. The summed E-state index contributed by atoms with van der Waals surface area (Å²) in [5.74, 6) is 1.43. The molecule has 156 valence electrons. The van der Waals surface area contributed by atoms with Crippen molar-refractivity contribution in [2.75, 3.05) is 24.6 Å². The van der Waals surface area contributed by atoms with E-state index in [1.165, 1.54) is 24.1 Å². The highest BCUT2D eigenvalue weighted by Gasteiger charge is 2.17. The van der Waals surface area contributed by atoms with Crippen LogP contribution in [-0.2, 0) is 4.79 Å². The molecule has 1 amide bonds. The normalized spacial score (nSPS) is 17.7. The maximum absolute atomic E-state index is 12.4. The Hall–Kier alpha value is -2.49. The zero-order valence-electron chi connectivity index (χ0n) is 18.4. The zero-order chi connectivity index (χ0) is 21.0. The Morgan fingerprint density at radius 3 is 2.62 bits per heavy atom. The Morgan fingerprint density at radius 1 is 1.21 bits per heavy atom. The number of ether oxygens (including phenoxy) is 1. The molecule has 1 aliphatic rings. The highest BCUT2D eigenvalue weighted by Crippen LogP contribution is 2.25. The number of benzene rings is 2. The number of carbonyl (C=O) groups is 1. The Bertz CT molecular complexity index is 845. The van der Waals surface area contributed by atoms with Crippen LogP contribution in [-0.4, -0.2) is 25.6 Å². The van der Waals surface area contributed by atoms with Crippen molar-refractivity contribution in [2.45, 2.75) is 53.5 Å². The second-order valence-corrected chi connectivity index (χ2v) is 8.57. The molecule has 0 saturated carbocycles. The molecule has 0 unspecified atom stereocenters. The predicted octanol–water partition coefficient (Wildman–Crippen LogP) is 5.10. The molecule has 4 nitrogen and oxygen atoms in total. The molecular formula is C25H34N2O2. The molecule has 1 saturated heterocycles. The summed E-state index contributed by atoms with van der Waals surface area (Å²) in [5.41, 5.74) is 5.78. The number of carbonyl (C=O) groups excluding carboxylic acids is 1. The second kappa shape index (κ2) is 9.34. The molecule has 0 radical (unpaired) electrons. The van der Waals surface area contributed by atoms with Gasteiger partial charge in [0.15, 0.2) is 6.61 Å². The second-order valence-electron chi connectivity index (χ2n) is 8.57. The number of nitrogens with zero attached hydrogens (tertiary/aromatic N) is 1. The lowest BCUT2D eigenvalue weighted by Gasteiger charge is -2.33. The van der Waals surface area contributed by atoms with Gasteiger partial charge in [-0.2, -0.15) is 0 Å². The van der Waals surface area contributed by atoms with Crippen LogP contribution in [0.2, 0.25) is 0 Å². The molecule has 29 heavy (non-hydrogen) atoms. The molecule has 0 bridgehead atoms. The highest BCUT2D eigenvalue weighted by atomic mass is 16.5. The van der Waals surface area contributed by atoms with E-state index in [-0.39, 0.29) is 18.6 Å². The summed E-state index contributed by atoms with van der Waals surface area (Å²) < 4.78 is 5.79. The number of hydrogen-bond donors (Lipinski definition) is 1. The van der Waals surface area contributed by atoms with E-state index in [2.05, 4.69) is 54.4 Å². The van der Waals surface area contributed by atoms with Crippen LogP contribution in [0.4, 0.5) is 5.69 Å². The number of aryl methyl sites for hydroxylation is 2. The number of piperidine rings is 1. The van der Waals surface area contributed by atoms with Crippen LogP contribution in [0.25, 0.3) is 0 Å². The fourth-order valence-corrected chi connectivity index (χ4v) is 4.06. The molecule has 0 aliphatic carbocycles. The summed E-state index contributed by atoms with van der Waals surface area (Å²) in [6.45, 7) is 12.7. The van der Waals surface area contributed by atoms with Crippen LogP contribution < -0.4 is 15.0 Å². The van der Waals surface area contributed by atoms with E-state index in [9.17, 15) is 4.79 Å². The van der Waals surface area contributed by atoms with Gasteiger partial charge in [0.05, 0.1) is 6.04 Å². The molecule has 4 heteroatoms. The van der Waals surface area contributed by atoms with Gasteiger partial charge >= 0.3 is 0 Å². The molecule has 0 spiro atoms. The van der Waals surface area contributed by atoms with E-state index in [4.69, 9.17) is 4.74 Å². The van der Waals surface area contributed by atoms with Crippen molar-refractivity contribution in [3.8, 4) is 5.75 Å². The lowest BCUT2D eigenvalue weighted by Crippen LogP contribution is -2.34. The Kier molecular flexibility index (Phi) is 6.83. The van der Waals surface area contributed by atoms with E-state index >= 15 is 0 Å². The van der Waals surface area contributed by atoms with Crippen LogP contribution in [0.15, 0.2) is 36.4 Å². The van der Waals surface area contributed by atoms with Gasteiger partial charge in [-0.15, -0.1) is 0 Å². The fourth-order valence-electron chi connectivity index (χ4n) is 4.06. The maximum Gasteiger partial charge on any atom is 0.258 e. The number of nitrogens with one attached hydrogen (secondary N) is 1. The lowest BCUT2D eigenvalue weighted by molar-refractivity contribution is -0.123. The van der Waals surface area contributed by atoms with Crippen molar-refractivity contribution < 1.29 is 9.53 Å². The third-order valence-electron chi connectivity index (χ3n) is 5.92. The summed E-state index contributed by atoms with van der Waals surface area (Å²) in [7, 11) is 0. The Labute approximate surface area is 175 Å². The molecule has 1 aliphatic heterocycles. The number of rotatable bonds is 6. The van der Waals surface area contributed by atoms with E-state index in [1.54, 1.807) is 0 Å². The number of hydrogen-bond acceptors (Lipinski definition) is 3. The quantitative estimate of drug-likeness (QED) is 0.741. The summed E-state index contributed by atoms with van der Waals surface area (Å²) in [4.78, 5) is 14.8. The molecular weight excluding hydrogens is 360 g/mol. The first-order chi connectivity index (χ1) is 13.8. The number of anilines is 1. The molecule has 1 fully saturated rings. The van der Waals surface area contributed by atoms with Crippen LogP contribution in [0, 0.1) is 26.7 Å². The van der Waals surface area contributed by atoms with Gasteiger partial charge in [-0.05, 0) is 86.9 Å². The molecule has 1 N–H and O–H groups in total. The number of amides is 1. The molecule has 2 aromatic rings. The van der Waals surface area contributed by atoms with E-state index in [0.29, 0.717) is 0 Å². The van der Waals surface area contributed by atoms with Crippen LogP contribution in [0.1, 0.15) is 55.0 Å². The van der Waals surface area contributed by atoms with Gasteiger partial charge in [0.1, 0.15) is 5.75 Å². The van der Waals surface area contributed by atoms with Crippen LogP contribution >= 0.6 is 0 Å². The minimum absolute atomic E-state index is 0.0256. The summed E-state index contributed by atoms with van der Waals surface area (Å²) >= 11 is 0. The lowest BCUT2D eigenvalue weighted by atomic mass is 9.99. The first-order valence-corrected chi connectivity index (χ1v) is 10.7. The summed E-state index contributed by atoms with van der Waals surface area (Å²) in [6.07, 6.45) is 2.58. The fraction of sp³-hybridized carbons (Fsp3) is 0.480. The van der Waals surface area contributed by atoms with Gasteiger partial charge < -0.3 is 15.0 Å². The third-order valence-corrected chi connectivity index (χ3v) is 5.92. The predicted molar refractivity (Wildman–Crippen MR) is 120 cm³/mol. The van der Waals surface area contributed by atoms with Gasteiger partial charge in [0.25, 0.3) is 5.91 Å².